The largest absolute Gasteiger partial charge is 0.508 e. The minimum absolute atomic E-state index is 0.00770. The Morgan fingerprint density at radius 3 is 2.46 bits per heavy atom. The lowest BCUT2D eigenvalue weighted by Gasteiger charge is -2.33. The number of rotatable bonds is 5. The SMILES string of the molecule is Cc1ccc([C@H](CNC(=O)N2CCC(c3cccc(O)c3)CC2)N(C)C)cc1. The van der Waals surface area contributed by atoms with Crippen LogP contribution in [0.5, 0.6) is 5.75 Å². The normalized spacial score (nSPS) is 16.2. The Labute approximate surface area is 168 Å². The maximum atomic E-state index is 12.7. The summed E-state index contributed by atoms with van der Waals surface area (Å²) in [6.07, 6.45) is 1.85. The van der Waals surface area contributed by atoms with Gasteiger partial charge in [0.1, 0.15) is 5.75 Å². The monoisotopic (exact) mass is 381 g/mol. The molecule has 5 heteroatoms. The van der Waals surface area contributed by atoms with E-state index in [2.05, 4.69) is 47.5 Å². The Bertz CT molecular complexity index is 781. The molecule has 0 aromatic heterocycles. The third-order valence-electron chi connectivity index (χ3n) is 5.66. The van der Waals surface area contributed by atoms with Crippen molar-refractivity contribution < 1.29 is 9.90 Å². The standard InChI is InChI=1S/C23H31N3O2/c1-17-7-9-19(10-8-17)22(25(2)3)16-24-23(28)26-13-11-18(12-14-26)20-5-4-6-21(27)15-20/h4-10,15,18,22,27H,11-14,16H2,1-3H3,(H,24,28)/t22-/m0/s1. The number of carbonyl (C=O) groups is 1. The van der Waals surface area contributed by atoms with Crippen LogP contribution in [0.1, 0.15) is 41.5 Å². The zero-order chi connectivity index (χ0) is 20.1. The van der Waals surface area contributed by atoms with Crippen LogP contribution in [0.4, 0.5) is 4.79 Å². The van der Waals surface area contributed by atoms with Crippen LogP contribution in [0, 0.1) is 6.92 Å². The average molecular weight is 382 g/mol. The van der Waals surface area contributed by atoms with Gasteiger partial charge in [-0.1, -0.05) is 42.0 Å². The molecule has 1 heterocycles. The fraction of sp³-hybridized carbons (Fsp3) is 0.435. The fourth-order valence-electron chi connectivity index (χ4n) is 3.88. The van der Waals surface area contributed by atoms with E-state index in [9.17, 15) is 9.90 Å². The molecule has 5 nitrogen and oxygen atoms in total. The highest BCUT2D eigenvalue weighted by Crippen LogP contribution is 2.29. The molecule has 28 heavy (non-hydrogen) atoms. The predicted molar refractivity (Wildman–Crippen MR) is 113 cm³/mol. The molecule has 2 aromatic rings. The Morgan fingerprint density at radius 2 is 1.86 bits per heavy atom. The molecule has 2 amide bonds. The van der Waals surface area contributed by atoms with Gasteiger partial charge in [0.05, 0.1) is 6.04 Å². The van der Waals surface area contributed by atoms with Crippen molar-refractivity contribution in [3.8, 4) is 5.75 Å². The smallest absolute Gasteiger partial charge is 0.317 e. The van der Waals surface area contributed by atoms with E-state index in [4.69, 9.17) is 0 Å². The number of aromatic hydroxyl groups is 1. The lowest BCUT2D eigenvalue weighted by atomic mass is 9.89. The van der Waals surface area contributed by atoms with E-state index in [1.54, 1.807) is 6.07 Å². The number of urea groups is 1. The van der Waals surface area contributed by atoms with E-state index in [0.29, 0.717) is 18.2 Å². The summed E-state index contributed by atoms with van der Waals surface area (Å²) in [4.78, 5) is 16.7. The maximum absolute atomic E-state index is 12.7. The molecule has 0 radical (unpaired) electrons. The van der Waals surface area contributed by atoms with Crippen molar-refractivity contribution >= 4 is 6.03 Å². The molecule has 2 N–H and O–H groups in total. The fourth-order valence-corrected chi connectivity index (χ4v) is 3.88. The first kappa shape index (κ1) is 20.2. The average Bonchev–Trinajstić information content (AvgIpc) is 2.69. The van der Waals surface area contributed by atoms with Crippen molar-refractivity contribution in [2.24, 2.45) is 0 Å². The molecule has 2 aromatic carbocycles. The van der Waals surface area contributed by atoms with Gasteiger partial charge in [-0.05, 0) is 63.0 Å². The summed E-state index contributed by atoms with van der Waals surface area (Å²) in [5.74, 6) is 0.710. The van der Waals surface area contributed by atoms with Gasteiger partial charge in [0.15, 0.2) is 0 Å². The van der Waals surface area contributed by atoms with Crippen LogP contribution in [0.2, 0.25) is 0 Å². The van der Waals surface area contributed by atoms with Crippen LogP contribution in [-0.2, 0) is 0 Å². The number of aryl methyl sites for hydroxylation is 1. The summed E-state index contributed by atoms with van der Waals surface area (Å²) in [5.41, 5.74) is 3.60. The second-order valence-electron chi connectivity index (χ2n) is 7.93. The highest BCUT2D eigenvalue weighted by Gasteiger charge is 2.25. The molecule has 3 rings (SSSR count). The Morgan fingerprint density at radius 1 is 1.18 bits per heavy atom. The van der Waals surface area contributed by atoms with Crippen LogP contribution >= 0.6 is 0 Å². The summed E-state index contributed by atoms with van der Waals surface area (Å²) in [6, 6.07) is 16.1. The zero-order valence-corrected chi connectivity index (χ0v) is 17.1. The second kappa shape index (κ2) is 9.11. The van der Waals surface area contributed by atoms with Crippen LogP contribution in [0.25, 0.3) is 0 Å². The van der Waals surface area contributed by atoms with E-state index in [1.165, 1.54) is 11.1 Å². The third-order valence-corrected chi connectivity index (χ3v) is 5.66. The van der Waals surface area contributed by atoms with Gasteiger partial charge in [0, 0.05) is 19.6 Å². The number of phenols is 1. The molecule has 1 fully saturated rings. The molecule has 0 aliphatic carbocycles. The molecular formula is C23H31N3O2. The molecule has 1 saturated heterocycles. The van der Waals surface area contributed by atoms with Crippen molar-refractivity contribution in [3.63, 3.8) is 0 Å². The number of hydrogen-bond acceptors (Lipinski definition) is 3. The summed E-state index contributed by atoms with van der Waals surface area (Å²) >= 11 is 0. The maximum Gasteiger partial charge on any atom is 0.317 e. The van der Waals surface area contributed by atoms with Gasteiger partial charge in [-0.3, -0.25) is 0 Å². The van der Waals surface area contributed by atoms with Gasteiger partial charge in [-0.25, -0.2) is 4.79 Å². The quantitative estimate of drug-likeness (QED) is 0.826. The molecule has 1 aliphatic rings. The Kier molecular flexibility index (Phi) is 6.57. The number of likely N-dealkylation sites (N-methyl/N-ethyl adjacent to an activating group) is 1. The Hall–Kier alpha value is -2.53. The van der Waals surface area contributed by atoms with E-state index in [1.807, 2.05) is 31.1 Å². The van der Waals surface area contributed by atoms with Gasteiger partial charge in [-0.15, -0.1) is 0 Å². The van der Waals surface area contributed by atoms with Crippen molar-refractivity contribution in [1.29, 1.82) is 0 Å². The molecular weight excluding hydrogens is 350 g/mol. The van der Waals surface area contributed by atoms with Gasteiger partial charge in [-0.2, -0.15) is 0 Å². The summed E-state index contributed by atoms with van der Waals surface area (Å²) in [7, 11) is 4.08. The minimum atomic E-state index is 0.00770. The number of carbonyl (C=O) groups excluding carboxylic acids is 1. The van der Waals surface area contributed by atoms with E-state index >= 15 is 0 Å². The Balaban J connectivity index is 1.53. The summed E-state index contributed by atoms with van der Waals surface area (Å²) < 4.78 is 0. The van der Waals surface area contributed by atoms with Crippen LogP contribution in [0.3, 0.4) is 0 Å². The first-order valence-electron chi connectivity index (χ1n) is 9.98. The highest BCUT2D eigenvalue weighted by atomic mass is 16.3. The van der Waals surface area contributed by atoms with Crippen molar-refractivity contribution in [1.82, 2.24) is 15.1 Å². The zero-order valence-electron chi connectivity index (χ0n) is 17.1. The predicted octanol–water partition coefficient (Wildman–Crippen LogP) is 3.89. The molecule has 1 aliphatic heterocycles. The lowest BCUT2D eigenvalue weighted by Crippen LogP contribution is -2.46. The third kappa shape index (κ3) is 5.04. The first-order valence-corrected chi connectivity index (χ1v) is 9.98. The number of amides is 2. The number of nitrogens with zero attached hydrogens (tertiary/aromatic N) is 2. The second-order valence-corrected chi connectivity index (χ2v) is 7.93. The topological polar surface area (TPSA) is 55.8 Å². The first-order chi connectivity index (χ1) is 13.4. The number of piperidine rings is 1. The number of nitrogens with one attached hydrogen (secondary N) is 1. The van der Waals surface area contributed by atoms with Crippen LogP contribution in [0.15, 0.2) is 48.5 Å². The molecule has 150 valence electrons. The molecule has 0 spiro atoms. The van der Waals surface area contributed by atoms with Crippen LogP contribution in [-0.4, -0.2) is 54.7 Å². The number of benzene rings is 2. The van der Waals surface area contributed by atoms with Crippen molar-refractivity contribution in [3.05, 3.63) is 65.2 Å². The molecule has 0 unspecified atom stereocenters. The van der Waals surface area contributed by atoms with Gasteiger partial charge in [0.25, 0.3) is 0 Å². The molecule has 0 bridgehead atoms. The van der Waals surface area contributed by atoms with Gasteiger partial charge < -0.3 is 20.2 Å². The van der Waals surface area contributed by atoms with E-state index < -0.39 is 0 Å². The van der Waals surface area contributed by atoms with E-state index in [0.717, 1.165) is 31.5 Å². The van der Waals surface area contributed by atoms with E-state index in [-0.39, 0.29) is 12.1 Å². The number of likely N-dealkylation sites (tertiary alicyclic amines) is 1. The summed E-state index contributed by atoms with van der Waals surface area (Å²) in [6.45, 7) is 4.14. The van der Waals surface area contributed by atoms with Crippen molar-refractivity contribution in [2.75, 3.05) is 33.7 Å². The van der Waals surface area contributed by atoms with Crippen LogP contribution < -0.4 is 5.32 Å². The highest BCUT2D eigenvalue weighted by molar-refractivity contribution is 5.74. The number of phenolic OH excluding ortho intramolecular Hbond substituents is 1. The summed E-state index contributed by atoms with van der Waals surface area (Å²) in [5, 5.41) is 12.8. The van der Waals surface area contributed by atoms with Crippen molar-refractivity contribution in [2.45, 2.75) is 31.7 Å². The minimum Gasteiger partial charge on any atom is -0.508 e. The molecule has 0 saturated carbocycles. The van der Waals surface area contributed by atoms with Gasteiger partial charge in [0.2, 0.25) is 0 Å². The number of hydrogen-bond donors (Lipinski definition) is 2. The van der Waals surface area contributed by atoms with Gasteiger partial charge >= 0.3 is 6.03 Å². The molecule has 1 atom stereocenters. The lowest BCUT2D eigenvalue weighted by molar-refractivity contribution is 0.177.